The van der Waals surface area contributed by atoms with E-state index in [1.165, 1.54) is 12.8 Å². The van der Waals surface area contributed by atoms with Gasteiger partial charge in [0.1, 0.15) is 10.5 Å². The smallest absolute Gasteiger partial charge is 0.0554 e. The Labute approximate surface area is 105 Å². The van der Waals surface area contributed by atoms with Crippen LogP contribution in [-0.2, 0) is 8.07 Å². The lowest BCUT2D eigenvalue weighted by Gasteiger charge is -2.27. The Kier molecular flexibility index (Phi) is 3.90. The van der Waals surface area contributed by atoms with E-state index in [4.69, 9.17) is 0 Å². The number of hydrogen-bond donors (Lipinski definition) is 0. The summed E-state index contributed by atoms with van der Waals surface area (Å²) in [5, 5.41) is 1.87. The van der Waals surface area contributed by atoms with Gasteiger partial charge in [-0.25, -0.2) is 0 Å². The van der Waals surface area contributed by atoms with Gasteiger partial charge in [0.05, 0.1) is 8.07 Å². The molecule has 0 aromatic carbocycles. The molecule has 0 radical (unpaired) electrons. The summed E-state index contributed by atoms with van der Waals surface area (Å²) >= 11 is 2.73. The van der Waals surface area contributed by atoms with E-state index in [-0.39, 0.29) is 0 Å². The van der Waals surface area contributed by atoms with Crippen LogP contribution in [0, 0.1) is 10.8 Å². The SMILES string of the molecule is CC(C)(C)[C@@H]1CC[C@@H](C(C)(C)C)[S+]1I. The molecule has 0 aliphatic carbocycles. The second-order valence-electron chi connectivity index (χ2n) is 6.60. The summed E-state index contributed by atoms with van der Waals surface area (Å²) in [5.41, 5.74) is 1.01. The highest BCUT2D eigenvalue weighted by atomic mass is 127. The first-order valence-corrected chi connectivity index (χ1v) is 9.41. The van der Waals surface area contributed by atoms with Crippen molar-refractivity contribution >= 4 is 29.3 Å². The molecule has 1 aliphatic heterocycles. The topological polar surface area (TPSA) is 0 Å². The van der Waals surface area contributed by atoms with Gasteiger partial charge < -0.3 is 0 Å². The molecule has 1 fully saturated rings. The van der Waals surface area contributed by atoms with Gasteiger partial charge in [-0.15, -0.1) is 0 Å². The van der Waals surface area contributed by atoms with Gasteiger partial charge >= 0.3 is 0 Å². The molecule has 2 heteroatoms. The van der Waals surface area contributed by atoms with Gasteiger partial charge in [-0.3, -0.25) is 0 Å². The lowest BCUT2D eigenvalue weighted by molar-refractivity contribution is 0.363. The first kappa shape index (κ1) is 13.1. The number of rotatable bonds is 0. The largest absolute Gasteiger partial charge is 0.251 e. The Morgan fingerprint density at radius 1 is 0.857 bits per heavy atom. The molecular weight excluding hydrogens is 303 g/mol. The Hall–Kier alpha value is 1.08. The third-order valence-electron chi connectivity index (χ3n) is 3.17. The van der Waals surface area contributed by atoms with Crippen LogP contribution in [0.15, 0.2) is 0 Å². The summed E-state index contributed by atoms with van der Waals surface area (Å²) in [7, 11) is 0.583. The second kappa shape index (κ2) is 4.15. The van der Waals surface area contributed by atoms with Crippen molar-refractivity contribution in [3.05, 3.63) is 0 Å². The zero-order valence-corrected chi connectivity index (χ0v) is 13.3. The summed E-state index contributed by atoms with van der Waals surface area (Å²) < 4.78 is 0. The van der Waals surface area contributed by atoms with E-state index in [1.807, 2.05) is 0 Å². The molecule has 0 amide bonds. The van der Waals surface area contributed by atoms with Crippen LogP contribution in [0.5, 0.6) is 0 Å². The maximum atomic E-state index is 2.73. The molecule has 1 aliphatic rings. The molecule has 2 atom stereocenters. The van der Waals surface area contributed by atoms with Crippen molar-refractivity contribution in [1.82, 2.24) is 0 Å². The van der Waals surface area contributed by atoms with Gasteiger partial charge in [-0.05, 0) is 0 Å². The van der Waals surface area contributed by atoms with Crippen LogP contribution in [0.4, 0.5) is 0 Å². The van der Waals surface area contributed by atoms with Crippen LogP contribution in [0.2, 0.25) is 0 Å². The highest BCUT2D eigenvalue weighted by Crippen LogP contribution is 2.48. The standard InChI is InChI=1S/C12H24IS/c1-11(2,3)9-7-8-10(14(9)13)12(4,5)6/h9-10H,7-8H2,1-6H3/q+1/t9-,10-/m0/s1. The Bertz CT molecular complexity index is 177. The summed E-state index contributed by atoms with van der Waals surface area (Å²) in [6.45, 7) is 14.4. The highest BCUT2D eigenvalue weighted by molar-refractivity contribution is 14.2. The fourth-order valence-corrected chi connectivity index (χ4v) is 10.8. The maximum Gasteiger partial charge on any atom is 0.251 e. The molecule has 1 rings (SSSR count). The maximum absolute atomic E-state index is 2.73. The van der Waals surface area contributed by atoms with Crippen LogP contribution in [0.3, 0.4) is 0 Å². The van der Waals surface area contributed by atoms with E-state index in [0.29, 0.717) is 18.9 Å². The van der Waals surface area contributed by atoms with E-state index in [1.54, 1.807) is 0 Å². The first-order valence-electron chi connectivity index (χ1n) is 5.52. The molecule has 0 nitrogen and oxygen atoms in total. The first-order chi connectivity index (χ1) is 6.14. The van der Waals surface area contributed by atoms with Crippen molar-refractivity contribution < 1.29 is 0 Å². The highest BCUT2D eigenvalue weighted by Gasteiger charge is 2.53. The molecule has 84 valence electrons. The van der Waals surface area contributed by atoms with Crippen molar-refractivity contribution in [1.29, 1.82) is 0 Å². The third-order valence-corrected chi connectivity index (χ3v) is 9.82. The summed E-state index contributed by atoms with van der Waals surface area (Å²) in [6.07, 6.45) is 2.88. The Balaban J connectivity index is 2.75. The van der Waals surface area contributed by atoms with Crippen molar-refractivity contribution in [2.24, 2.45) is 10.8 Å². The van der Waals surface area contributed by atoms with Crippen molar-refractivity contribution in [3.63, 3.8) is 0 Å². The quantitative estimate of drug-likeness (QED) is 0.451. The van der Waals surface area contributed by atoms with Crippen LogP contribution in [0.1, 0.15) is 54.4 Å². The zero-order chi connectivity index (χ0) is 11.1. The Morgan fingerprint density at radius 2 is 1.14 bits per heavy atom. The van der Waals surface area contributed by atoms with E-state index in [2.05, 4.69) is 62.7 Å². The summed E-state index contributed by atoms with van der Waals surface area (Å²) in [4.78, 5) is 0. The second-order valence-corrected chi connectivity index (χ2v) is 11.4. The van der Waals surface area contributed by atoms with E-state index >= 15 is 0 Å². The third kappa shape index (κ3) is 2.81. The predicted molar refractivity (Wildman–Crippen MR) is 77.1 cm³/mol. The van der Waals surface area contributed by atoms with Crippen LogP contribution in [-0.4, -0.2) is 10.5 Å². The molecular formula is C12H24IS+. The fourth-order valence-electron chi connectivity index (χ4n) is 2.27. The lowest BCUT2D eigenvalue weighted by Crippen LogP contribution is -2.35. The summed E-state index contributed by atoms with van der Waals surface area (Å²) in [6, 6.07) is 0. The molecule has 0 unspecified atom stereocenters. The van der Waals surface area contributed by atoms with Gasteiger partial charge in [-0.1, -0.05) is 41.5 Å². The van der Waals surface area contributed by atoms with Crippen LogP contribution < -0.4 is 0 Å². The lowest BCUT2D eigenvalue weighted by atomic mass is 9.85. The normalized spacial score (nSPS) is 31.1. The van der Waals surface area contributed by atoms with Crippen molar-refractivity contribution in [3.8, 4) is 0 Å². The Morgan fingerprint density at radius 3 is 1.29 bits per heavy atom. The summed E-state index contributed by atoms with van der Waals surface area (Å²) in [5.74, 6) is 0. The van der Waals surface area contributed by atoms with E-state index in [0.717, 1.165) is 10.5 Å². The van der Waals surface area contributed by atoms with Crippen molar-refractivity contribution in [2.75, 3.05) is 0 Å². The van der Waals surface area contributed by atoms with Gasteiger partial charge in [0, 0.05) is 23.7 Å². The molecule has 0 aromatic heterocycles. The molecule has 14 heavy (non-hydrogen) atoms. The molecule has 1 heterocycles. The van der Waals surface area contributed by atoms with Gasteiger partial charge in [0.2, 0.25) is 0 Å². The average molecular weight is 327 g/mol. The molecule has 0 spiro atoms. The molecule has 0 saturated carbocycles. The van der Waals surface area contributed by atoms with Gasteiger partial charge in [0.15, 0.2) is 0 Å². The number of hydrogen-bond acceptors (Lipinski definition) is 0. The van der Waals surface area contributed by atoms with E-state index < -0.39 is 0 Å². The van der Waals surface area contributed by atoms with E-state index in [9.17, 15) is 0 Å². The zero-order valence-electron chi connectivity index (χ0n) is 10.4. The minimum absolute atomic E-state index is 0.504. The van der Waals surface area contributed by atoms with Gasteiger partial charge in [-0.2, -0.15) is 0 Å². The minimum atomic E-state index is 0.504. The van der Waals surface area contributed by atoms with Crippen molar-refractivity contribution in [2.45, 2.75) is 64.9 Å². The van der Waals surface area contributed by atoms with Gasteiger partial charge in [0.25, 0.3) is 21.2 Å². The fraction of sp³-hybridized carbons (Fsp3) is 1.00. The van der Waals surface area contributed by atoms with Crippen LogP contribution >= 0.6 is 21.2 Å². The minimum Gasteiger partial charge on any atom is -0.0554 e. The van der Waals surface area contributed by atoms with Crippen LogP contribution in [0.25, 0.3) is 0 Å². The monoisotopic (exact) mass is 327 g/mol. The molecule has 0 bridgehead atoms. The average Bonchev–Trinajstić information content (AvgIpc) is 2.26. The predicted octanol–water partition coefficient (Wildman–Crippen LogP) is 4.58. The molecule has 0 aromatic rings. The molecule has 0 N–H and O–H groups in total. The number of halogens is 1. The molecule has 1 saturated heterocycles.